The number of nitro benzene ring substituents is 1. The molecule has 144 valence electrons. The van der Waals surface area contributed by atoms with E-state index in [1.807, 2.05) is 4.90 Å². The molecule has 2 rings (SSSR count). The van der Waals surface area contributed by atoms with E-state index in [-0.39, 0.29) is 28.3 Å². The molecule has 0 aliphatic carbocycles. The van der Waals surface area contributed by atoms with Gasteiger partial charge in [0.25, 0.3) is 5.69 Å². The van der Waals surface area contributed by atoms with E-state index >= 15 is 0 Å². The van der Waals surface area contributed by atoms with Crippen LogP contribution in [-0.4, -0.2) is 55.6 Å². The van der Waals surface area contributed by atoms with Crippen LogP contribution in [0.5, 0.6) is 0 Å². The Hall–Kier alpha value is -1.75. The van der Waals surface area contributed by atoms with Gasteiger partial charge in [0.1, 0.15) is 0 Å². The molecule has 1 heterocycles. The molecule has 1 aromatic carbocycles. The van der Waals surface area contributed by atoms with Gasteiger partial charge in [-0.1, -0.05) is 11.6 Å². The number of carbonyl (C=O) groups excluding carboxylic acids is 1. The van der Waals surface area contributed by atoms with Crippen molar-refractivity contribution in [1.29, 1.82) is 0 Å². The van der Waals surface area contributed by atoms with Gasteiger partial charge in [-0.05, 0) is 25.8 Å². The van der Waals surface area contributed by atoms with Crippen molar-refractivity contribution >= 4 is 38.9 Å². The predicted octanol–water partition coefficient (Wildman–Crippen LogP) is 1.59. The second kappa shape index (κ2) is 8.30. The molecule has 1 amide bonds. The lowest BCUT2D eigenvalue weighted by atomic mass is 10.0. The smallest absolute Gasteiger partial charge is 0.271 e. The van der Waals surface area contributed by atoms with Crippen molar-refractivity contribution in [2.75, 3.05) is 24.7 Å². The molecule has 9 nitrogen and oxygen atoms in total. The van der Waals surface area contributed by atoms with Gasteiger partial charge in [-0.25, -0.2) is 13.1 Å². The molecule has 1 atom stereocenters. The van der Waals surface area contributed by atoms with E-state index in [4.69, 9.17) is 11.6 Å². The molecule has 0 saturated carbocycles. The molecule has 0 radical (unpaired) electrons. The SMILES string of the molecule is C[C@H](C(=O)Nc1cc([N+](=O)[O-])ccc1Cl)N1CCC(NS(C)(=O)=O)CC1. The largest absolute Gasteiger partial charge is 0.323 e. The molecule has 0 bridgehead atoms. The number of benzene rings is 1. The van der Waals surface area contributed by atoms with Crippen LogP contribution in [0.15, 0.2) is 18.2 Å². The Morgan fingerprint density at radius 1 is 1.38 bits per heavy atom. The van der Waals surface area contributed by atoms with E-state index in [9.17, 15) is 23.3 Å². The van der Waals surface area contributed by atoms with Crippen LogP contribution in [0.4, 0.5) is 11.4 Å². The van der Waals surface area contributed by atoms with Crippen LogP contribution in [0, 0.1) is 10.1 Å². The molecule has 11 heteroatoms. The molecular weight excluding hydrogens is 384 g/mol. The Labute approximate surface area is 156 Å². The van der Waals surface area contributed by atoms with Crippen molar-refractivity contribution in [3.05, 3.63) is 33.3 Å². The number of hydrogen-bond donors (Lipinski definition) is 2. The molecule has 26 heavy (non-hydrogen) atoms. The van der Waals surface area contributed by atoms with Gasteiger partial charge in [-0.2, -0.15) is 0 Å². The molecule has 0 aromatic heterocycles. The van der Waals surface area contributed by atoms with E-state index in [1.54, 1.807) is 6.92 Å². The van der Waals surface area contributed by atoms with E-state index in [0.717, 1.165) is 6.26 Å². The number of likely N-dealkylation sites (tertiary alicyclic amines) is 1. The van der Waals surface area contributed by atoms with Crippen molar-refractivity contribution in [3.8, 4) is 0 Å². The molecule has 1 aliphatic heterocycles. The minimum absolute atomic E-state index is 0.136. The van der Waals surface area contributed by atoms with Gasteiger partial charge >= 0.3 is 0 Å². The summed E-state index contributed by atoms with van der Waals surface area (Å²) in [4.78, 5) is 24.7. The summed E-state index contributed by atoms with van der Waals surface area (Å²) in [7, 11) is -3.25. The first-order chi connectivity index (χ1) is 12.1. The molecule has 0 spiro atoms. The number of nitrogens with one attached hydrogen (secondary N) is 2. The predicted molar refractivity (Wildman–Crippen MR) is 98.8 cm³/mol. The summed E-state index contributed by atoms with van der Waals surface area (Å²) in [6, 6.07) is 3.23. The Kier molecular flexibility index (Phi) is 6.56. The van der Waals surface area contributed by atoms with Gasteiger partial charge in [0.05, 0.1) is 27.9 Å². The minimum Gasteiger partial charge on any atom is -0.323 e. The van der Waals surface area contributed by atoms with Crippen molar-refractivity contribution in [2.45, 2.75) is 31.8 Å². The first kappa shape index (κ1) is 20.6. The lowest BCUT2D eigenvalue weighted by molar-refractivity contribution is -0.384. The Morgan fingerprint density at radius 2 is 2.00 bits per heavy atom. The summed E-state index contributed by atoms with van der Waals surface area (Å²) in [6.45, 7) is 2.85. The van der Waals surface area contributed by atoms with Crippen LogP contribution in [-0.2, 0) is 14.8 Å². The fourth-order valence-corrected chi connectivity index (χ4v) is 3.84. The number of nitro groups is 1. The monoisotopic (exact) mass is 404 g/mol. The Morgan fingerprint density at radius 3 is 2.54 bits per heavy atom. The fraction of sp³-hybridized carbons (Fsp3) is 0.533. The van der Waals surface area contributed by atoms with Gasteiger partial charge in [-0.3, -0.25) is 19.8 Å². The lowest BCUT2D eigenvalue weighted by Crippen LogP contribution is -2.50. The number of rotatable bonds is 6. The number of sulfonamides is 1. The van der Waals surface area contributed by atoms with Crippen LogP contribution in [0.1, 0.15) is 19.8 Å². The first-order valence-electron chi connectivity index (χ1n) is 8.03. The van der Waals surface area contributed by atoms with Crippen LogP contribution in [0.3, 0.4) is 0 Å². The fourth-order valence-electron chi connectivity index (χ4n) is 2.83. The third-order valence-electron chi connectivity index (χ3n) is 4.26. The zero-order valence-electron chi connectivity index (χ0n) is 14.4. The topological polar surface area (TPSA) is 122 Å². The second-order valence-electron chi connectivity index (χ2n) is 6.29. The van der Waals surface area contributed by atoms with E-state index in [1.165, 1.54) is 18.2 Å². The summed E-state index contributed by atoms with van der Waals surface area (Å²) >= 11 is 6.00. The summed E-state index contributed by atoms with van der Waals surface area (Å²) in [5.74, 6) is -0.332. The number of hydrogen-bond acceptors (Lipinski definition) is 6. The van der Waals surface area contributed by atoms with Crippen LogP contribution < -0.4 is 10.0 Å². The second-order valence-corrected chi connectivity index (χ2v) is 8.47. The van der Waals surface area contributed by atoms with Crippen molar-refractivity contribution in [2.24, 2.45) is 0 Å². The standard InChI is InChI=1S/C15H21ClN4O5S/c1-10(19-7-5-11(6-8-19)18-26(2,24)25)15(21)17-14-9-12(20(22)23)3-4-13(14)16/h3-4,9-11,18H,5-8H2,1-2H3,(H,17,21)/t10-/m1/s1. The van der Waals surface area contributed by atoms with Gasteiger partial charge in [0, 0.05) is 31.3 Å². The van der Waals surface area contributed by atoms with E-state index in [2.05, 4.69) is 10.0 Å². The third kappa shape index (κ3) is 5.63. The number of nitrogens with zero attached hydrogens (tertiary/aromatic N) is 2. The quantitative estimate of drug-likeness (QED) is 0.548. The zero-order chi connectivity index (χ0) is 19.5. The van der Waals surface area contributed by atoms with Gasteiger partial charge < -0.3 is 5.32 Å². The van der Waals surface area contributed by atoms with Gasteiger partial charge in [0.15, 0.2) is 0 Å². The maximum Gasteiger partial charge on any atom is 0.271 e. The molecule has 1 aliphatic rings. The maximum atomic E-state index is 12.5. The summed E-state index contributed by atoms with van der Waals surface area (Å²) < 4.78 is 25.1. The third-order valence-corrected chi connectivity index (χ3v) is 5.35. The summed E-state index contributed by atoms with van der Waals surface area (Å²) in [6.07, 6.45) is 2.32. The van der Waals surface area contributed by atoms with Gasteiger partial charge in [0.2, 0.25) is 15.9 Å². The molecule has 2 N–H and O–H groups in total. The van der Waals surface area contributed by atoms with Crippen LogP contribution >= 0.6 is 11.6 Å². The van der Waals surface area contributed by atoms with E-state index < -0.39 is 21.0 Å². The highest BCUT2D eigenvalue weighted by Gasteiger charge is 2.28. The van der Waals surface area contributed by atoms with Crippen molar-refractivity contribution in [3.63, 3.8) is 0 Å². The minimum atomic E-state index is -3.25. The molecule has 1 fully saturated rings. The van der Waals surface area contributed by atoms with Crippen LogP contribution in [0.2, 0.25) is 5.02 Å². The highest BCUT2D eigenvalue weighted by Crippen LogP contribution is 2.27. The van der Waals surface area contributed by atoms with E-state index in [0.29, 0.717) is 25.9 Å². The normalized spacial score (nSPS) is 17.7. The number of amides is 1. The first-order valence-corrected chi connectivity index (χ1v) is 10.3. The highest BCUT2D eigenvalue weighted by molar-refractivity contribution is 7.88. The van der Waals surface area contributed by atoms with Crippen molar-refractivity contribution in [1.82, 2.24) is 9.62 Å². The molecule has 1 saturated heterocycles. The Bertz CT molecular complexity index is 793. The van der Waals surface area contributed by atoms with Gasteiger partial charge in [-0.15, -0.1) is 0 Å². The number of piperidine rings is 1. The number of halogens is 1. The summed E-state index contributed by atoms with van der Waals surface area (Å²) in [5, 5.41) is 13.7. The number of carbonyl (C=O) groups is 1. The number of anilines is 1. The Balaban J connectivity index is 1.96. The maximum absolute atomic E-state index is 12.5. The van der Waals surface area contributed by atoms with Crippen LogP contribution in [0.25, 0.3) is 0 Å². The van der Waals surface area contributed by atoms with Crippen molar-refractivity contribution < 1.29 is 18.1 Å². The zero-order valence-corrected chi connectivity index (χ0v) is 16.0. The molecule has 1 aromatic rings. The average molecular weight is 405 g/mol. The highest BCUT2D eigenvalue weighted by atomic mass is 35.5. The molecule has 0 unspecified atom stereocenters. The summed E-state index contributed by atoms with van der Waals surface area (Å²) in [5.41, 5.74) is 0.0244. The molecular formula is C15H21ClN4O5S. The lowest BCUT2D eigenvalue weighted by Gasteiger charge is -2.35. The number of non-ortho nitro benzene ring substituents is 1. The average Bonchev–Trinajstić information content (AvgIpc) is 2.55.